The molecule has 0 saturated carbocycles. The minimum Gasteiger partial charge on any atom is -0.345 e. The number of anilines is 1. The molecule has 1 aromatic carbocycles. The van der Waals surface area contributed by atoms with E-state index in [1.807, 2.05) is 25.1 Å². The third-order valence-corrected chi connectivity index (χ3v) is 3.90. The van der Waals surface area contributed by atoms with Crippen molar-refractivity contribution in [3.05, 3.63) is 36.0 Å². The van der Waals surface area contributed by atoms with Gasteiger partial charge in [-0.1, -0.05) is 19.9 Å². The van der Waals surface area contributed by atoms with Crippen molar-refractivity contribution in [3.63, 3.8) is 0 Å². The maximum absolute atomic E-state index is 12.5. The minimum atomic E-state index is 0.299. The van der Waals surface area contributed by atoms with E-state index in [1.54, 1.807) is 0 Å². The topological polar surface area (TPSA) is 3.24 Å². The van der Waals surface area contributed by atoms with Gasteiger partial charge in [0.05, 0.1) is 12.1 Å². The van der Waals surface area contributed by atoms with Crippen LogP contribution in [0.2, 0.25) is 0 Å². The van der Waals surface area contributed by atoms with Gasteiger partial charge in [0.15, 0.2) is 0 Å². The highest BCUT2D eigenvalue weighted by Gasteiger charge is 2.25. The summed E-state index contributed by atoms with van der Waals surface area (Å²) in [5.74, 6) is 0.706. The van der Waals surface area contributed by atoms with Crippen molar-refractivity contribution < 1.29 is 3.89 Å². The first-order valence-electron chi connectivity index (χ1n) is 6.00. The summed E-state index contributed by atoms with van der Waals surface area (Å²) in [6.07, 6.45) is 2.27. The summed E-state index contributed by atoms with van der Waals surface area (Å²) in [5, 5.41) is 0. The van der Waals surface area contributed by atoms with Gasteiger partial charge in [0, 0.05) is 22.8 Å². The van der Waals surface area contributed by atoms with Crippen molar-refractivity contribution in [1.29, 1.82) is 0 Å². The maximum atomic E-state index is 12.5. The van der Waals surface area contributed by atoms with Crippen LogP contribution < -0.4 is 4.90 Å². The molecule has 92 valence electrons. The number of halogens is 1. The Bertz CT molecular complexity index is 430. The van der Waals surface area contributed by atoms with Gasteiger partial charge in [0.1, 0.15) is 0 Å². The number of benzene rings is 1. The fourth-order valence-electron chi connectivity index (χ4n) is 2.42. The zero-order valence-electron chi connectivity index (χ0n) is 10.4. The fraction of sp³-hybridized carbons (Fsp3) is 0.429. The van der Waals surface area contributed by atoms with E-state index in [0.29, 0.717) is 23.0 Å². The summed E-state index contributed by atoms with van der Waals surface area (Å²) >= 11 is 0.299. The molecule has 0 amide bonds. The number of aryl methyl sites for hydroxylation is 1. The standard InChI is InChI=1S/C14H18FNS/c1-4-12-8-11(3)16(9-12)14-6-5-13(17-15)7-10(14)2/h5-7,12H,3-4,8-9H2,1-2H3. The monoisotopic (exact) mass is 251 g/mol. The van der Waals surface area contributed by atoms with Crippen LogP contribution in [0.3, 0.4) is 0 Å². The van der Waals surface area contributed by atoms with E-state index >= 15 is 0 Å². The van der Waals surface area contributed by atoms with E-state index < -0.39 is 0 Å². The Balaban J connectivity index is 2.26. The van der Waals surface area contributed by atoms with Crippen molar-refractivity contribution in [3.8, 4) is 0 Å². The summed E-state index contributed by atoms with van der Waals surface area (Å²) in [6, 6.07) is 5.73. The SMILES string of the molecule is C=C1CC(CC)CN1c1ccc(SF)cc1C. The summed E-state index contributed by atoms with van der Waals surface area (Å²) in [7, 11) is 0. The molecule has 1 nitrogen and oxygen atoms in total. The van der Waals surface area contributed by atoms with Crippen LogP contribution in [0.25, 0.3) is 0 Å². The first-order chi connectivity index (χ1) is 8.15. The molecule has 0 N–H and O–H groups in total. The highest BCUT2D eigenvalue weighted by atomic mass is 32.2. The molecule has 17 heavy (non-hydrogen) atoms. The minimum absolute atomic E-state index is 0.299. The van der Waals surface area contributed by atoms with Crippen LogP contribution in [0, 0.1) is 12.8 Å². The van der Waals surface area contributed by atoms with E-state index in [1.165, 1.54) is 17.8 Å². The van der Waals surface area contributed by atoms with E-state index in [0.717, 1.165) is 18.5 Å². The van der Waals surface area contributed by atoms with Crippen LogP contribution >= 0.6 is 12.1 Å². The van der Waals surface area contributed by atoms with Gasteiger partial charge < -0.3 is 4.90 Å². The van der Waals surface area contributed by atoms with Crippen molar-refractivity contribution in [2.24, 2.45) is 5.92 Å². The van der Waals surface area contributed by atoms with Gasteiger partial charge in [-0.2, -0.15) is 3.89 Å². The molecule has 0 radical (unpaired) electrons. The lowest BCUT2D eigenvalue weighted by Crippen LogP contribution is -2.18. The lowest BCUT2D eigenvalue weighted by molar-refractivity contribution is 0.575. The highest BCUT2D eigenvalue weighted by molar-refractivity contribution is 7.94. The van der Waals surface area contributed by atoms with Crippen molar-refractivity contribution in [2.75, 3.05) is 11.4 Å². The maximum Gasteiger partial charge on any atom is 0.0812 e. The average Bonchev–Trinajstić information content (AvgIpc) is 2.70. The van der Waals surface area contributed by atoms with Gasteiger partial charge in [0.25, 0.3) is 0 Å². The molecule has 1 unspecified atom stereocenters. The van der Waals surface area contributed by atoms with Gasteiger partial charge in [-0.05, 0) is 43.0 Å². The predicted octanol–water partition coefficient (Wildman–Crippen LogP) is 4.72. The van der Waals surface area contributed by atoms with Gasteiger partial charge in [0.2, 0.25) is 0 Å². The summed E-state index contributed by atoms with van der Waals surface area (Å²) in [4.78, 5) is 2.94. The van der Waals surface area contributed by atoms with E-state index in [2.05, 4.69) is 18.4 Å². The Kier molecular flexibility index (Phi) is 3.77. The van der Waals surface area contributed by atoms with Crippen molar-refractivity contribution >= 4 is 17.8 Å². The third-order valence-electron chi connectivity index (χ3n) is 3.47. The van der Waals surface area contributed by atoms with Gasteiger partial charge in [-0.3, -0.25) is 0 Å². The van der Waals surface area contributed by atoms with Crippen LogP contribution in [-0.4, -0.2) is 6.54 Å². The Morgan fingerprint density at radius 1 is 1.53 bits per heavy atom. The quantitative estimate of drug-likeness (QED) is 0.764. The second kappa shape index (κ2) is 5.13. The normalized spacial score (nSPS) is 20.1. The molecule has 1 heterocycles. The number of nitrogens with zero attached hydrogens (tertiary/aromatic N) is 1. The first-order valence-corrected chi connectivity index (χ1v) is 6.72. The number of rotatable bonds is 3. The summed E-state index contributed by atoms with van der Waals surface area (Å²) in [5.41, 5.74) is 3.47. The third kappa shape index (κ3) is 2.49. The summed E-state index contributed by atoms with van der Waals surface area (Å²) < 4.78 is 12.5. The second-order valence-electron chi connectivity index (χ2n) is 4.68. The number of hydrogen-bond acceptors (Lipinski definition) is 2. The smallest absolute Gasteiger partial charge is 0.0812 e. The summed E-state index contributed by atoms with van der Waals surface area (Å²) in [6.45, 7) is 9.43. The van der Waals surface area contributed by atoms with Gasteiger partial charge in [-0.25, -0.2) is 0 Å². The van der Waals surface area contributed by atoms with Crippen LogP contribution in [0.5, 0.6) is 0 Å². The van der Waals surface area contributed by atoms with Crippen molar-refractivity contribution in [1.82, 2.24) is 0 Å². The van der Waals surface area contributed by atoms with Crippen LogP contribution in [0.4, 0.5) is 9.57 Å². The average molecular weight is 251 g/mol. The highest BCUT2D eigenvalue weighted by Crippen LogP contribution is 2.35. The van der Waals surface area contributed by atoms with Crippen LogP contribution in [0.1, 0.15) is 25.3 Å². The number of hydrogen-bond donors (Lipinski definition) is 0. The molecule has 1 atom stereocenters. The largest absolute Gasteiger partial charge is 0.345 e. The fourth-order valence-corrected chi connectivity index (χ4v) is 2.76. The van der Waals surface area contributed by atoms with Crippen molar-refractivity contribution in [2.45, 2.75) is 31.6 Å². The zero-order valence-corrected chi connectivity index (χ0v) is 11.2. The Morgan fingerprint density at radius 2 is 2.29 bits per heavy atom. The molecular formula is C14H18FNS. The van der Waals surface area contributed by atoms with Gasteiger partial charge >= 0.3 is 0 Å². The molecule has 3 heteroatoms. The van der Waals surface area contributed by atoms with Crippen LogP contribution in [-0.2, 0) is 0 Å². The Labute approximate surface area is 107 Å². The molecule has 0 aliphatic carbocycles. The van der Waals surface area contributed by atoms with Crippen LogP contribution in [0.15, 0.2) is 35.4 Å². The molecule has 1 fully saturated rings. The molecule has 1 aromatic rings. The molecular weight excluding hydrogens is 233 g/mol. The van der Waals surface area contributed by atoms with E-state index in [4.69, 9.17) is 0 Å². The van der Waals surface area contributed by atoms with Gasteiger partial charge in [-0.15, -0.1) is 0 Å². The molecule has 0 bridgehead atoms. The second-order valence-corrected chi connectivity index (χ2v) is 5.31. The Hall–Kier alpha value is -0.960. The molecule has 1 saturated heterocycles. The zero-order chi connectivity index (χ0) is 12.4. The Morgan fingerprint density at radius 3 is 2.82 bits per heavy atom. The first kappa shape index (κ1) is 12.5. The van der Waals surface area contributed by atoms with E-state index in [9.17, 15) is 3.89 Å². The molecule has 1 aliphatic rings. The lowest BCUT2D eigenvalue weighted by Gasteiger charge is -2.22. The van der Waals surface area contributed by atoms with E-state index in [-0.39, 0.29) is 0 Å². The molecule has 1 aliphatic heterocycles. The number of allylic oxidation sites excluding steroid dienone is 1. The lowest BCUT2D eigenvalue weighted by atomic mass is 10.1. The molecule has 2 rings (SSSR count). The molecule has 0 aromatic heterocycles. The molecule has 0 spiro atoms. The predicted molar refractivity (Wildman–Crippen MR) is 73.0 cm³/mol.